The topological polar surface area (TPSA) is 186 Å². The average molecular weight is 520 g/mol. The Morgan fingerprint density at radius 1 is 0.973 bits per heavy atom. The normalized spacial score (nSPS) is 14.1. The van der Waals surface area contributed by atoms with Gasteiger partial charge in [0, 0.05) is 63.4 Å². The lowest BCUT2D eigenvalue weighted by Crippen LogP contribution is -2.42. The first-order valence-corrected chi connectivity index (χ1v) is 11.6. The molecule has 0 unspecified atom stereocenters. The van der Waals surface area contributed by atoms with Crippen molar-refractivity contribution in [2.75, 3.05) is 50.6 Å². The molecule has 0 amide bonds. The molecule has 1 aromatic carbocycles. The molecular weight excluding hydrogens is 486 g/mol. The SMILES string of the molecule is CNc1ncc(CN2CCCN(c3ccc(OC)cc3)CC2)cn1.O=C(O)CC(O)(CC(=O)O)C(=O)O. The first-order chi connectivity index (χ1) is 17.6. The second kappa shape index (κ2) is 13.9. The van der Waals surface area contributed by atoms with Gasteiger partial charge in [-0.1, -0.05) is 0 Å². The molecule has 0 saturated carbocycles. The van der Waals surface area contributed by atoms with Crippen LogP contribution in [0.1, 0.15) is 24.8 Å². The molecule has 2 aromatic rings. The number of rotatable bonds is 10. The van der Waals surface area contributed by atoms with Gasteiger partial charge in [0.05, 0.1) is 20.0 Å². The molecule has 0 atom stereocenters. The van der Waals surface area contributed by atoms with Gasteiger partial charge in [-0.2, -0.15) is 0 Å². The van der Waals surface area contributed by atoms with E-state index in [1.165, 1.54) is 5.69 Å². The van der Waals surface area contributed by atoms with Crippen LogP contribution in [0.3, 0.4) is 0 Å². The molecular formula is C24H33N5O8. The number of carboxylic acid groups (broad SMARTS) is 3. The highest BCUT2D eigenvalue weighted by atomic mass is 16.5. The monoisotopic (exact) mass is 519 g/mol. The van der Waals surface area contributed by atoms with E-state index >= 15 is 0 Å². The number of aliphatic carboxylic acids is 3. The molecule has 37 heavy (non-hydrogen) atoms. The predicted molar refractivity (Wildman–Crippen MR) is 134 cm³/mol. The van der Waals surface area contributed by atoms with Crippen molar-refractivity contribution in [2.24, 2.45) is 0 Å². The number of nitrogens with zero attached hydrogens (tertiary/aromatic N) is 4. The molecule has 1 fully saturated rings. The summed E-state index contributed by atoms with van der Waals surface area (Å²) in [6.45, 7) is 5.15. The highest BCUT2D eigenvalue weighted by Crippen LogP contribution is 2.21. The van der Waals surface area contributed by atoms with E-state index in [0.717, 1.165) is 50.5 Å². The molecule has 3 rings (SSSR count). The summed E-state index contributed by atoms with van der Waals surface area (Å²) in [5.41, 5.74) is -0.316. The summed E-state index contributed by atoms with van der Waals surface area (Å²) in [5, 5.41) is 36.8. The van der Waals surface area contributed by atoms with Crippen LogP contribution >= 0.6 is 0 Å². The Morgan fingerprint density at radius 3 is 2.05 bits per heavy atom. The lowest BCUT2D eigenvalue weighted by atomic mass is 9.96. The van der Waals surface area contributed by atoms with Gasteiger partial charge in [0.2, 0.25) is 5.95 Å². The maximum atomic E-state index is 10.3. The highest BCUT2D eigenvalue weighted by molar-refractivity contribution is 5.88. The van der Waals surface area contributed by atoms with E-state index in [2.05, 4.69) is 37.2 Å². The first-order valence-electron chi connectivity index (χ1n) is 11.6. The van der Waals surface area contributed by atoms with E-state index in [1.807, 2.05) is 31.6 Å². The lowest BCUT2D eigenvalue weighted by molar-refractivity contribution is -0.170. The standard InChI is InChI=1S/C18H25N5O.C6H8O7/c1-19-18-20-12-15(13-21-18)14-22-8-3-9-23(11-10-22)16-4-6-17(24-2)7-5-16;7-3(8)1-6(13,5(11)12)2-4(9)10/h4-7,12-13H,3,8-11,14H2,1-2H3,(H,19,20,21);13H,1-2H2,(H,7,8)(H,9,10)(H,11,12). The molecule has 1 aliphatic rings. The lowest BCUT2D eigenvalue weighted by Gasteiger charge is -2.23. The molecule has 1 aromatic heterocycles. The maximum absolute atomic E-state index is 10.3. The number of carbonyl (C=O) groups is 3. The Balaban J connectivity index is 0.000000317. The van der Waals surface area contributed by atoms with Crippen molar-refractivity contribution in [3.63, 3.8) is 0 Å². The van der Waals surface area contributed by atoms with Crippen LogP contribution in [0.15, 0.2) is 36.7 Å². The van der Waals surface area contributed by atoms with E-state index in [0.29, 0.717) is 5.95 Å². The van der Waals surface area contributed by atoms with Crippen molar-refractivity contribution in [2.45, 2.75) is 31.4 Å². The van der Waals surface area contributed by atoms with Crippen LogP contribution < -0.4 is 15.0 Å². The Hall–Kier alpha value is -3.97. The van der Waals surface area contributed by atoms with Crippen LogP contribution in [0, 0.1) is 0 Å². The van der Waals surface area contributed by atoms with Gasteiger partial charge in [-0.25, -0.2) is 14.8 Å². The number of anilines is 2. The van der Waals surface area contributed by atoms with Crippen molar-refractivity contribution < 1.29 is 39.5 Å². The molecule has 0 spiro atoms. The fraction of sp³-hybridized carbons (Fsp3) is 0.458. The highest BCUT2D eigenvalue weighted by Gasteiger charge is 2.40. The van der Waals surface area contributed by atoms with E-state index in [1.54, 1.807) is 7.11 Å². The summed E-state index contributed by atoms with van der Waals surface area (Å²) in [4.78, 5) is 44.0. The van der Waals surface area contributed by atoms with Gasteiger partial charge in [0.25, 0.3) is 0 Å². The van der Waals surface area contributed by atoms with Crippen LogP contribution in [-0.4, -0.2) is 99.1 Å². The molecule has 13 heteroatoms. The van der Waals surface area contributed by atoms with Gasteiger partial charge in [-0.15, -0.1) is 0 Å². The molecule has 13 nitrogen and oxygen atoms in total. The van der Waals surface area contributed by atoms with Crippen LogP contribution in [0.2, 0.25) is 0 Å². The van der Waals surface area contributed by atoms with Crippen molar-refractivity contribution in [3.8, 4) is 5.75 Å². The summed E-state index contributed by atoms with van der Waals surface area (Å²) in [6, 6.07) is 8.33. The van der Waals surface area contributed by atoms with Crippen molar-refractivity contribution in [3.05, 3.63) is 42.2 Å². The number of aliphatic hydroxyl groups is 1. The third kappa shape index (κ3) is 9.54. The van der Waals surface area contributed by atoms with E-state index in [4.69, 9.17) is 25.2 Å². The fourth-order valence-corrected chi connectivity index (χ4v) is 3.72. The second-order valence-corrected chi connectivity index (χ2v) is 8.46. The van der Waals surface area contributed by atoms with Crippen molar-refractivity contribution >= 4 is 29.5 Å². The van der Waals surface area contributed by atoms with Crippen LogP contribution in [0.5, 0.6) is 5.75 Å². The average Bonchev–Trinajstić information content (AvgIpc) is 3.09. The van der Waals surface area contributed by atoms with Crippen LogP contribution in [0.4, 0.5) is 11.6 Å². The second-order valence-electron chi connectivity index (χ2n) is 8.46. The zero-order chi connectivity index (χ0) is 27.4. The summed E-state index contributed by atoms with van der Waals surface area (Å²) in [7, 11) is 3.53. The molecule has 0 radical (unpaired) electrons. The van der Waals surface area contributed by atoms with E-state index in [9.17, 15) is 14.4 Å². The van der Waals surface area contributed by atoms with Crippen molar-refractivity contribution in [1.82, 2.24) is 14.9 Å². The number of aromatic nitrogens is 2. The maximum Gasteiger partial charge on any atom is 0.336 e. The summed E-state index contributed by atoms with van der Waals surface area (Å²) in [5.74, 6) is -3.45. The zero-order valence-corrected chi connectivity index (χ0v) is 20.8. The van der Waals surface area contributed by atoms with E-state index in [-0.39, 0.29) is 0 Å². The van der Waals surface area contributed by atoms with Gasteiger partial charge >= 0.3 is 17.9 Å². The predicted octanol–water partition coefficient (Wildman–Crippen LogP) is 0.991. The zero-order valence-electron chi connectivity index (χ0n) is 20.8. The quantitative estimate of drug-likeness (QED) is 0.299. The molecule has 1 aliphatic heterocycles. The number of benzene rings is 1. The number of carboxylic acids is 3. The van der Waals surface area contributed by atoms with Gasteiger partial charge in [0.1, 0.15) is 5.75 Å². The van der Waals surface area contributed by atoms with Crippen LogP contribution in [-0.2, 0) is 20.9 Å². The number of methoxy groups -OCH3 is 1. The number of hydrogen-bond acceptors (Lipinski definition) is 10. The molecule has 5 N–H and O–H groups in total. The van der Waals surface area contributed by atoms with Gasteiger partial charge in [0.15, 0.2) is 5.60 Å². The number of nitrogens with one attached hydrogen (secondary N) is 1. The minimum absolute atomic E-state index is 0.667. The summed E-state index contributed by atoms with van der Waals surface area (Å²) >= 11 is 0. The Labute approximate surface area is 214 Å². The largest absolute Gasteiger partial charge is 0.497 e. The molecule has 1 saturated heterocycles. The third-order valence-corrected chi connectivity index (χ3v) is 5.65. The molecule has 2 heterocycles. The van der Waals surface area contributed by atoms with E-state index < -0.39 is 36.4 Å². The minimum Gasteiger partial charge on any atom is -0.497 e. The molecule has 202 valence electrons. The van der Waals surface area contributed by atoms with Gasteiger partial charge < -0.3 is 35.4 Å². The number of hydrogen-bond donors (Lipinski definition) is 5. The van der Waals surface area contributed by atoms with Gasteiger partial charge in [-0.3, -0.25) is 14.5 Å². The Kier molecular flexibility index (Phi) is 11.0. The first kappa shape index (κ1) is 29.3. The minimum atomic E-state index is -2.74. The molecule has 0 bridgehead atoms. The molecule has 0 aliphatic carbocycles. The fourth-order valence-electron chi connectivity index (χ4n) is 3.72. The van der Waals surface area contributed by atoms with Gasteiger partial charge in [-0.05, 0) is 30.7 Å². The smallest absolute Gasteiger partial charge is 0.336 e. The third-order valence-electron chi connectivity index (χ3n) is 5.65. The summed E-state index contributed by atoms with van der Waals surface area (Å²) in [6.07, 6.45) is 2.68. The van der Waals surface area contributed by atoms with Crippen LogP contribution in [0.25, 0.3) is 0 Å². The number of ether oxygens (including phenoxy) is 1. The summed E-state index contributed by atoms with van der Waals surface area (Å²) < 4.78 is 5.24. The van der Waals surface area contributed by atoms with Crippen molar-refractivity contribution in [1.29, 1.82) is 0 Å². The Morgan fingerprint density at radius 2 is 1.57 bits per heavy atom. The Bertz CT molecular complexity index is 1020.